The average Bonchev–Trinajstić information content (AvgIpc) is 2.11. The first-order chi connectivity index (χ1) is 6.12. The molecule has 13 heavy (non-hydrogen) atoms. The fraction of sp³-hybridized carbons (Fsp3) is 1.00. The minimum absolute atomic E-state index is 0.0450. The van der Waals surface area contributed by atoms with Crippen LogP contribution in [0.15, 0.2) is 0 Å². The standard InChI is InChI=1S/C7H16BrNO3S/c8-7-13(11,12)9-5-3-1-2-4-6-10/h9-10H,1-7H2. The maximum Gasteiger partial charge on any atom is 0.221 e. The summed E-state index contributed by atoms with van der Waals surface area (Å²) in [6, 6.07) is 0. The van der Waals surface area contributed by atoms with Gasteiger partial charge in [-0.2, -0.15) is 0 Å². The average molecular weight is 274 g/mol. The molecule has 0 aromatic heterocycles. The number of nitrogens with one attached hydrogen (secondary N) is 1. The van der Waals surface area contributed by atoms with Gasteiger partial charge in [-0.05, 0) is 12.8 Å². The first-order valence-electron chi connectivity index (χ1n) is 4.26. The molecule has 4 nitrogen and oxygen atoms in total. The largest absolute Gasteiger partial charge is 0.396 e. The number of aliphatic hydroxyl groups excluding tert-OH is 1. The lowest BCUT2D eigenvalue weighted by Crippen LogP contribution is -2.25. The van der Waals surface area contributed by atoms with Gasteiger partial charge in [-0.25, -0.2) is 13.1 Å². The smallest absolute Gasteiger partial charge is 0.221 e. The molecule has 0 unspecified atom stereocenters. The Kier molecular flexibility index (Phi) is 7.93. The minimum atomic E-state index is -3.09. The van der Waals surface area contributed by atoms with Crippen molar-refractivity contribution in [2.75, 3.05) is 17.8 Å². The first kappa shape index (κ1) is 13.4. The molecule has 0 saturated heterocycles. The van der Waals surface area contributed by atoms with Crippen molar-refractivity contribution in [3.8, 4) is 0 Å². The van der Waals surface area contributed by atoms with Crippen LogP contribution in [0.25, 0.3) is 0 Å². The number of unbranched alkanes of at least 4 members (excludes halogenated alkanes) is 3. The molecule has 0 aromatic rings. The van der Waals surface area contributed by atoms with E-state index in [1.54, 1.807) is 0 Å². The molecule has 0 amide bonds. The Bertz CT molecular complexity index is 206. The van der Waals surface area contributed by atoms with Crippen LogP contribution in [-0.4, -0.2) is 31.3 Å². The van der Waals surface area contributed by atoms with Crippen LogP contribution in [0.3, 0.4) is 0 Å². The number of hydrogen-bond acceptors (Lipinski definition) is 3. The zero-order chi connectivity index (χ0) is 10.2. The van der Waals surface area contributed by atoms with E-state index in [1.165, 1.54) is 0 Å². The Hall–Kier alpha value is 0.350. The highest BCUT2D eigenvalue weighted by molar-refractivity contribution is 9.10. The molecule has 0 heterocycles. The predicted molar refractivity (Wildman–Crippen MR) is 56.3 cm³/mol. The van der Waals surface area contributed by atoms with E-state index in [2.05, 4.69) is 20.7 Å². The zero-order valence-corrected chi connectivity index (χ0v) is 9.90. The SMILES string of the molecule is O=S(=O)(CBr)NCCCCCCO. The quantitative estimate of drug-likeness (QED) is 0.508. The summed E-state index contributed by atoms with van der Waals surface area (Å²) in [5.74, 6) is 0. The van der Waals surface area contributed by atoms with Crippen molar-refractivity contribution in [1.82, 2.24) is 4.72 Å². The van der Waals surface area contributed by atoms with E-state index >= 15 is 0 Å². The van der Waals surface area contributed by atoms with Crippen LogP contribution in [0.5, 0.6) is 0 Å². The number of sulfonamides is 1. The summed E-state index contributed by atoms with van der Waals surface area (Å²) < 4.78 is 24.2. The van der Waals surface area contributed by atoms with Crippen molar-refractivity contribution in [3.63, 3.8) is 0 Å². The van der Waals surface area contributed by atoms with E-state index in [4.69, 9.17) is 5.11 Å². The van der Waals surface area contributed by atoms with Crippen molar-refractivity contribution < 1.29 is 13.5 Å². The van der Waals surface area contributed by atoms with E-state index in [0.717, 1.165) is 25.7 Å². The third-order valence-corrected chi connectivity index (χ3v) is 4.29. The lowest BCUT2D eigenvalue weighted by Gasteiger charge is -2.02. The van der Waals surface area contributed by atoms with Crippen LogP contribution >= 0.6 is 15.9 Å². The van der Waals surface area contributed by atoms with Gasteiger partial charge in [0.15, 0.2) is 0 Å². The zero-order valence-electron chi connectivity index (χ0n) is 7.50. The van der Waals surface area contributed by atoms with Crippen LogP contribution in [0.4, 0.5) is 0 Å². The van der Waals surface area contributed by atoms with Crippen molar-refractivity contribution in [3.05, 3.63) is 0 Å². The van der Waals surface area contributed by atoms with Gasteiger partial charge in [0.05, 0.1) is 0 Å². The van der Waals surface area contributed by atoms with Gasteiger partial charge in [-0.15, -0.1) is 0 Å². The van der Waals surface area contributed by atoms with Gasteiger partial charge in [-0.1, -0.05) is 28.8 Å². The Morgan fingerprint density at radius 2 is 1.77 bits per heavy atom. The lowest BCUT2D eigenvalue weighted by atomic mass is 10.2. The monoisotopic (exact) mass is 273 g/mol. The van der Waals surface area contributed by atoms with Crippen LogP contribution < -0.4 is 4.72 Å². The number of alkyl halides is 1. The number of rotatable bonds is 8. The predicted octanol–water partition coefficient (Wildman–Crippen LogP) is 0.811. The van der Waals surface area contributed by atoms with Gasteiger partial charge in [0.25, 0.3) is 0 Å². The highest BCUT2D eigenvalue weighted by Crippen LogP contribution is 1.98. The third kappa shape index (κ3) is 8.67. The van der Waals surface area contributed by atoms with E-state index in [1.807, 2.05) is 0 Å². The van der Waals surface area contributed by atoms with Crippen molar-refractivity contribution in [1.29, 1.82) is 0 Å². The molecule has 0 rings (SSSR count). The molecule has 0 radical (unpaired) electrons. The van der Waals surface area contributed by atoms with Gasteiger partial charge in [0.1, 0.15) is 4.66 Å². The molecule has 0 saturated carbocycles. The second-order valence-electron chi connectivity index (χ2n) is 2.76. The molecule has 0 aliphatic rings. The first-order valence-corrected chi connectivity index (χ1v) is 7.04. The molecule has 2 N–H and O–H groups in total. The Labute approximate surface area is 87.9 Å². The molecule has 0 atom stereocenters. The van der Waals surface area contributed by atoms with Crippen LogP contribution in [0, 0.1) is 0 Å². The molecular formula is C7H16BrNO3S. The second-order valence-corrected chi connectivity index (χ2v) is 5.87. The Balaban J connectivity index is 3.26. The molecule has 80 valence electrons. The maximum atomic E-state index is 10.9. The topological polar surface area (TPSA) is 66.4 Å². The number of hydrogen-bond donors (Lipinski definition) is 2. The summed E-state index contributed by atoms with van der Waals surface area (Å²) in [6.07, 6.45) is 3.52. The maximum absolute atomic E-state index is 10.9. The highest BCUT2D eigenvalue weighted by Gasteiger charge is 2.04. The van der Waals surface area contributed by atoms with E-state index < -0.39 is 10.0 Å². The summed E-state index contributed by atoms with van der Waals surface area (Å²) in [5, 5.41) is 8.47. The molecule has 0 aliphatic heterocycles. The molecule has 0 fully saturated rings. The normalized spacial score (nSPS) is 11.8. The van der Waals surface area contributed by atoms with Crippen LogP contribution in [0.1, 0.15) is 25.7 Å². The second kappa shape index (κ2) is 7.73. The molecule has 0 bridgehead atoms. The van der Waals surface area contributed by atoms with E-state index in [-0.39, 0.29) is 11.3 Å². The molecular weight excluding hydrogens is 258 g/mol. The summed E-state index contributed by atoms with van der Waals surface area (Å²) >= 11 is 2.88. The van der Waals surface area contributed by atoms with E-state index in [0.29, 0.717) is 6.54 Å². The van der Waals surface area contributed by atoms with Gasteiger partial charge < -0.3 is 5.11 Å². The summed E-state index contributed by atoms with van der Waals surface area (Å²) in [5.41, 5.74) is 0. The van der Waals surface area contributed by atoms with Gasteiger partial charge in [0.2, 0.25) is 10.0 Å². The molecule has 0 spiro atoms. The van der Waals surface area contributed by atoms with Crippen molar-refractivity contribution >= 4 is 26.0 Å². The van der Waals surface area contributed by atoms with Gasteiger partial charge in [-0.3, -0.25) is 0 Å². The molecule has 0 aromatic carbocycles. The lowest BCUT2D eigenvalue weighted by molar-refractivity contribution is 0.282. The summed E-state index contributed by atoms with van der Waals surface area (Å²) in [7, 11) is -3.09. The fourth-order valence-electron chi connectivity index (χ4n) is 0.857. The van der Waals surface area contributed by atoms with Crippen LogP contribution in [-0.2, 0) is 10.0 Å². The number of aliphatic hydroxyl groups is 1. The number of halogens is 1. The molecule has 6 heteroatoms. The summed E-state index contributed by atoms with van der Waals surface area (Å²) in [4.78, 5) is 0. The van der Waals surface area contributed by atoms with Gasteiger partial charge in [0, 0.05) is 13.2 Å². The Morgan fingerprint density at radius 1 is 1.15 bits per heavy atom. The van der Waals surface area contributed by atoms with Gasteiger partial charge >= 0.3 is 0 Å². The molecule has 0 aliphatic carbocycles. The highest BCUT2D eigenvalue weighted by atomic mass is 79.9. The minimum Gasteiger partial charge on any atom is -0.396 e. The van der Waals surface area contributed by atoms with Crippen LogP contribution in [0.2, 0.25) is 0 Å². The fourth-order valence-corrected chi connectivity index (χ4v) is 1.87. The Morgan fingerprint density at radius 3 is 2.31 bits per heavy atom. The third-order valence-electron chi connectivity index (χ3n) is 1.55. The van der Waals surface area contributed by atoms with Crippen molar-refractivity contribution in [2.45, 2.75) is 25.7 Å². The van der Waals surface area contributed by atoms with E-state index in [9.17, 15) is 8.42 Å². The van der Waals surface area contributed by atoms with Crippen molar-refractivity contribution in [2.24, 2.45) is 0 Å². The summed E-state index contributed by atoms with van der Waals surface area (Å²) in [6.45, 7) is 0.701.